The van der Waals surface area contributed by atoms with Crippen LogP contribution in [-0.4, -0.2) is 28.1 Å². The van der Waals surface area contributed by atoms with Crippen molar-refractivity contribution in [3.8, 4) is 0 Å². The molecule has 0 spiro atoms. The molecular weight excluding hydrogens is 230 g/mol. The third kappa shape index (κ3) is 2.53. The zero-order valence-electron chi connectivity index (χ0n) is 8.23. The Balaban J connectivity index is 1.87. The average Bonchev–Trinajstić information content (AvgIpc) is 2.85. The largest absolute Gasteiger partial charge is 0.379 e. The van der Waals surface area contributed by atoms with E-state index in [-0.39, 0.29) is 5.91 Å². The van der Waals surface area contributed by atoms with E-state index < -0.39 is 5.60 Å². The van der Waals surface area contributed by atoms with Crippen molar-refractivity contribution in [2.75, 3.05) is 11.5 Å². The Morgan fingerprint density at radius 2 is 2.53 bits per heavy atom. The Labute approximate surface area is 96.9 Å². The lowest BCUT2D eigenvalue weighted by atomic mass is 10.0. The lowest BCUT2D eigenvalue weighted by Crippen LogP contribution is -2.46. The van der Waals surface area contributed by atoms with Crippen LogP contribution >= 0.6 is 23.1 Å². The van der Waals surface area contributed by atoms with Crippen LogP contribution < -0.4 is 5.32 Å². The summed E-state index contributed by atoms with van der Waals surface area (Å²) in [5.74, 6) is 1.14. The summed E-state index contributed by atoms with van der Waals surface area (Å²) in [4.78, 5) is 11.7. The van der Waals surface area contributed by atoms with Gasteiger partial charge in [-0.3, -0.25) is 4.79 Å². The summed E-state index contributed by atoms with van der Waals surface area (Å²) in [5, 5.41) is 16.7. The maximum Gasteiger partial charge on any atom is 0.253 e. The van der Waals surface area contributed by atoms with Crippen LogP contribution in [0.1, 0.15) is 12.0 Å². The summed E-state index contributed by atoms with van der Waals surface area (Å²) in [7, 11) is 0. The first-order valence-electron chi connectivity index (χ1n) is 4.80. The van der Waals surface area contributed by atoms with E-state index in [0.29, 0.717) is 18.7 Å². The van der Waals surface area contributed by atoms with Crippen LogP contribution in [0.25, 0.3) is 0 Å². The second kappa shape index (κ2) is 4.55. The van der Waals surface area contributed by atoms with Crippen molar-refractivity contribution in [3.05, 3.63) is 22.4 Å². The maximum absolute atomic E-state index is 11.7. The summed E-state index contributed by atoms with van der Waals surface area (Å²) in [6, 6.07) is 1.97. The van der Waals surface area contributed by atoms with Gasteiger partial charge in [-0.1, -0.05) is 0 Å². The molecule has 1 amide bonds. The van der Waals surface area contributed by atoms with Crippen LogP contribution in [0.4, 0.5) is 0 Å². The number of hydrogen-bond donors (Lipinski definition) is 2. The van der Waals surface area contributed by atoms with Crippen molar-refractivity contribution in [2.45, 2.75) is 18.6 Å². The fraction of sp³-hybridized carbons (Fsp3) is 0.500. The van der Waals surface area contributed by atoms with Crippen molar-refractivity contribution >= 4 is 29.0 Å². The third-order valence-electron chi connectivity index (χ3n) is 2.46. The highest BCUT2D eigenvalue weighted by atomic mass is 32.2. The van der Waals surface area contributed by atoms with Crippen molar-refractivity contribution in [3.63, 3.8) is 0 Å². The van der Waals surface area contributed by atoms with Gasteiger partial charge in [-0.2, -0.15) is 23.1 Å². The topological polar surface area (TPSA) is 49.3 Å². The SMILES string of the molecule is O=C(NCc1ccsc1)C1(O)CCSC1. The third-order valence-corrected chi connectivity index (χ3v) is 4.36. The minimum Gasteiger partial charge on any atom is -0.379 e. The molecule has 1 aliphatic heterocycles. The van der Waals surface area contributed by atoms with Crippen LogP contribution in [-0.2, 0) is 11.3 Å². The molecule has 1 aromatic rings. The van der Waals surface area contributed by atoms with E-state index in [1.54, 1.807) is 23.1 Å². The molecular formula is C10H13NO2S2. The van der Waals surface area contributed by atoms with Gasteiger partial charge >= 0.3 is 0 Å². The minimum absolute atomic E-state index is 0.237. The molecule has 15 heavy (non-hydrogen) atoms. The highest BCUT2D eigenvalue weighted by Crippen LogP contribution is 2.27. The van der Waals surface area contributed by atoms with Crippen molar-refractivity contribution in [1.29, 1.82) is 0 Å². The van der Waals surface area contributed by atoms with E-state index in [0.717, 1.165) is 11.3 Å². The van der Waals surface area contributed by atoms with Gasteiger partial charge in [0.1, 0.15) is 0 Å². The summed E-state index contributed by atoms with van der Waals surface area (Å²) in [5.41, 5.74) is -0.0525. The fourth-order valence-electron chi connectivity index (χ4n) is 1.47. The van der Waals surface area contributed by atoms with Gasteiger partial charge < -0.3 is 10.4 Å². The molecule has 2 N–H and O–H groups in total. The van der Waals surface area contributed by atoms with Crippen LogP contribution in [0.5, 0.6) is 0 Å². The number of amides is 1. The number of rotatable bonds is 3. The molecule has 1 atom stereocenters. The zero-order chi connectivity index (χ0) is 10.7. The first-order chi connectivity index (χ1) is 7.21. The molecule has 0 aromatic carbocycles. The second-order valence-corrected chi connectivity index (χ2v) is 5.53. The molecule has 1 aliphatic rings. The molecule has 2 heterocycles. The number of carbonyl (C=O) groups excluding carboxylic acids is 1. The van der Waals surface area contributed by atoms with E-state index in [2.05, 4.69) is 5.32 Å². The highest BCUT2D eigenvalue weighted by molar-refractivity contribution is 7.99. The van der Waals surface area contributed by atoms with E-state index in [1.807, 2.05) is 16.8 Å². The summed E-state index contributed by atoms with van der Waals surface area (Å²) in [6.45, 7) is 0.509. The molecule has 1 aromatic heterocycles. The Bertz CT molecular complexity index is 331. The van der Waals surface area contributed by atoms with Gasteiger partial charge in [0.2, 0.25) is 0 Å². The Kier molecular flexibility index (Phi) is 3.33. The van der Waals surface area contributed by atoms with Gasteiger partial charge in [0.15, 0.2) is 5.60 Å². The lowest BCUT2D eigenvalue weighted by Gasteiger charge is -2.19. The van der Waals surface area contributed by atoms with Crippen LogP contribution in [0.3, 0.4) is 0 Å². The molecule has 5 heteroatoms. The van der Waals surface area contributed by atoms with Gasteiger partial charge in [0.25, 0.3) is 5.91 Å². The van der Waals surface area contributed by atoms with E-state index in [9.17, 15) is 9.90 Å². The van der Waals surface area contributed by atoms with Gasteiger partial charge in [-0.25, -0.2) is 0 Å². The minimum atomic E-state index is -1.14. The second-order valence-electron chi connectivity index (χ2n) is 3.65. The van der Waals surface area contributed by atoms with Gasteiger partial charge in [0.05, 0.1) is 0 Å². The van der Waals surface area contributed by atoms with Crippen LogP contribution in [0, 0.1) is 0 Å². The van der Waals surface area contributed by atoms with Gasteiger partial charge in [0, 0.05) is 12.3 Å². The molecule has 0 radical (unpaired) electrons. The molecule has 1 saturated heterocycles. The van der Waals surface area contributed by atoms with Crippen LogP contribution in [0.15, 0.2) is 16.8 Å². The van der Waals surface area contributed by atoms with Crippen molar-refractivity contribution in [2.24, 2.45) is 0 Å². The number of hydrogen-bond acceptors (Lipinski definition) is 4. The normalized spacial score (nSPS) is 25.4. The number of carbonyl (C=O) groups is 1. The molecule has 0 bridgehead atoms. The molecule has 1 unspecified atom stereocenters. The van der Waals surface area contributed by atoms with Gasteiger partial charge in [-0.15, -0.1) is 0 Å². The summed E-state index contributed by atoms with van der Waals surface area (Å²) < 4.78 is 0. The summed E-state index contributed by atoms with van der Waals surface area (Å²) in [6.07, 6.45) is 0.563. The Morgan fingerprint density at radius 1 is 1.67 bits per heavy atom. The van der Waals surface area contributed by atoms with Crippen LogP contribution in [0.2, 0.25) is 0 Å². The zero-order valence-corrected chi connectivity index (χ0v) is 9.87. The van der Waals surface area contributed by atoms with E-state index >= 15 is 0 Å². The summed E-state index contributed by atoms with van der Waals surface area (Å²) >= 11 is 3.23. The molecule has 3 nitrogen and oxygen atoms in total. The Hall–Kier alpha value is -0.520. The molecule has 2 rings (SSSR count). The first-order valence-corrected chi connectivity index (χ1v) is 6.90. The van der Waals surface area contributed by atoms with Gasteiger partial charge in [-0.05, 0) is 34.6 Å². The Morgan fingerprint density at radius 3 is 3.13 bits per heavy atom. The highest BCUT2D eigenvalue weighted by Gasteiger charge is 2.39. The molecule has 1 fully saturated rings. The average molecular weight is 243 g/mol. The number of aliphatic hydroxyl groups is 1. The molecule has 82 valence electrons. The predicted octanol–water partition coefficient (Wildman–Crippen LogP) is 1.23. The monoisotopic (exact) mass is 243 g/mol. The van der Waals surface area contributed by atoms with Crippen molar-refractivity contribution < 1.29 is 9.90 Å². The molecule has 0 saturated carbocycles. The smallest absolute Gasteiger partial charge is 0.253 e. The maximum atomic E-state index is 11.7. The quantitative estimate of drug-likeness (QED) is 0.839. The fourth-order valence-corrected chi connectivity index (χ4v) is 3.38. The standard InChI is InChI=1S/C10H13NO2S2/c12-9(10(13)2-4-15-7-10)11-5-8-1-3-14-6-8/h1,3,6,13H,2,4-5,7H2,(H,11,12). The van der Waals surface area contributed by atoms with E-state index in [4.69, 9.17) is 0 Å². The van der Waals surface area contributed by atoms with Crippen molar-refractivity contribution in [1.82, 2.24) is 5.32 Å². The predicted molar refractivity (Wildman–Crippen MR) is 63.1 cm³/mol. The first kappa shape index (κ1) is 11.0. The number of thioether (sulfide) groups is 1. The lowest BCUT2D eigenvalue weighted by molar-refractivity contribution is -0.137. The number of thiophene rings is 1. The van der Waals surface area contributed by atoms with E-state index in [1.165, 1.54) is 0 Å². The number of nitrogens with one attached hydrogen (secondary N) is 1. The molecule has 0 aliphatic carbocycles.